The third-order valence-electron chi connectivity index (χ3n) is 3.10. The molecule has 1 heterocycles. The van der Waals surface area contributed by atoms with Gasteiger partial charge in [-0.3, -0.25) is 9.59 Å². The summed E-state index contributed by atoms with van der Waals surface area (Å²) in [4.78, 5) is 25.0. The normalized spacial score (nSPS) is 18.3. The lowest BCUT2D eigenvalue weighted by Crippen LogP contribution is -2.39. The number of phenolic OH excluding ortho intramolecular Hbond substituents is 1. The summed E-state index contributed by atoms with van der Waals surface area (Å²) in [5, 5.41) is 12.5. The molecule has 6 heteroatoms. The number of carbonyl (C=O) groups is 2. The summed E-state index contributed by atoms with van der Waals surface area (Å²) < 4.78 is 4.59. The molecule has 2 N–H and O–H groups in total. The Labute approximate surface area is 111 Å². The van der Waals surface area contributed by atoms with Crippen LogP contribution < -0.4 is 5.32 Å². The minimum Gasteiger partial charge on any atom is -0.508 e. The minimum absolute atomic E-state index is 0.0278. The number of aromatic hydroxyl groups is 1. The lowest BCUT2D eigenvalue weighted by molar-refractivity contribution is -0.143. The van der Waals surface area contributed by atoms with E-state index >= 15 is 0 Å². The standard InChI is InChI=1S/C13H16N2O4/c1-15-7-8-5-9(16)3-4-10(8)14-11(13(15)18)6-12(17)19-2/h3-5,11,14,16H,6-7H2,1-2H3/t11-/m0/s1. The highest BCUT2D eigenvalue weighted by Gasteiger charge is 2.29. The van der Waals surface area contributed by atoms with Gasteiger partial charge in [0.15, 0.2) is 0 Å². The molecule has 0 aliphatic carbocycles. The number of anilines is 1. The molecule has 0 radical (unpaired) electrons. The van der Waals surface area contributed by atoms with Gasteiger partial charge in [-0.25, -0.2) is 0 Å². The van der Waals surface area contributed by atoms with Gasteiger partial charge in [-0.2, -0.15) is 0 Å². The fraction of sp³-hybridized carbons (Fsp3) is 0.385. The maximum Gasteiger partial charge on any atom is 0.308 e. The van der Waals surface area contributed by atoms with Crippen LogP contribution in [0.5, 0.6) is 5.75 Å². The van der Waals surface area contributed by atoms with E-state index in [0.29, 0.717) is 6.54 Å². The van der Waals surface area contributed by atoms with Gasteiger partial charge in [-0.1, -0.05) is 0 Å². The van der Waals surface area contributed by atoms with Crippen molar-refractivity contribution in [3.05, 3.63) is 23.8 Å². The molecule has 19 heavy (non-hydrogen) atoms. The molecule has 0 saturated carbocycles. The molecule has 0 fully saturated rings. The summed E-state index contributed by atoms with van der Waals surface area (Å²) in [5.74, 6) is -0.476. The summed E-state index contributed by atoms with van der Waals surface area (Å²) in [6.45, 7) is 0.382. The van der Waals surface area contributed by atoms with Crippen molar-refractivity contribution in [1.29, 1.82) is 0 Å². The van der Waals surface area contributed by atoms with Crippen LogP contribution in [0.1, 0.15) is 12.0 Å². The largest absolute Gasteiger partial charge is 0.508 e. The fourth-order valence-electron chi connectivity index (χ4n) is 2.09. The van der Waals surface area contributed by atoms with E-state index in [0.717, 1.165) is 11.3 Å². The molecule has 2 rings (SSSR count). The van der Waals surface area contributed by atoms with Crippen LogP contribution in [-0.4, -0.2) is 42.1 Å². The zero-order valence-corrected chi connectivity index (χ0v) is 10.8. The first-order chi connectivity index (χ1) is 9.01. The van der Waals surface area contributed by atoms with E-state index in [1.165, 1.54) is 18.1 Å². The number of esters is 1. The molecule has 1 aromatic rings. The minimum atomic E-state index is -0.650. The molecule has 0 unspecified atom stereocenters. The van der Waals surface area contributed by atoms with Crippen LogP contribution in [0.3, 0.4) is 0 Å². The zero-order chi connectivity index (χ0) is 14.0. The third-order valence-corrected chi connectivity index (χ3v) is 3.10. The first kappa shape index (κ1) is 13.2. The smallest absolute Gasteiger partial charge is 0.308 e. The van der Waals surface area contributed by atoms with Crippen LogP contribution in [0.4, 0.5) is 5.69 Å². The predicted molar refractivity (Wildman–Crippen MR) is 68.6 cm³/mol. The summed E-state index contributed by atoms with van der Waals surface area (Å²) in [6.07, 6.45) is -0.0278. The van der Waals surface area contributed by atoms with Gasteiger partial charge in [-0.15, -0.1) is 0 Å². The number of hydrogen-bond donors (Lipinski definition) is 2. The molecular weight excluding hydrogens is 248 g/mol. The van der Waals surface area contributed by atoms with Crippen LogP contribution in [0, 0.1) is 0 Å². The highest BCUT2D eigenvalue weighted by atomic mass is 16.5. The molecule has 0 saturated heterocycles. The first-order valence-corrected chi connectivity index (χ1v) is 5.91. The van der Waals surface area contributed by atoms with Crippen LogP contribution >= 0.6 is 0 Å². The van der Waals surface area contributed by atoms with E-state index in [2.05, 4.69) is 10.1 Å². The van der Waals surface area contributed by atoms with Crippen LogP contribution in [0.25, 0.3) is 0 Å². The van der Waals surface area contributed by atoms with Gasteiger partial charge in [0.05, 0.1) is 13.5 Å². The topological polar surface area (TPSA) is 78.9 Å². The first-order valence-electron chi connectivity index (χ1n) is 5.91. The summed E-state index contributed by atoms with van der Waals surface area (Å²) >= 11 is 0. The predicted octanol–water partition coefficient (Wildman–Crippen LogP) is 0.708. The van der Waals surface area contributed by atoms with E-state index in [1.54, 1.807) is 19.2 Å². The number of hydrogen-bond acceptors (Lipinski definition) is 5. The Morgan fingerprint density at radius 1 is 1.58 bits per heavy atom. The van der Waals surface area contributed by atoms with Crippen LogP contribution in [-0.2, 0) is 20.9 Å². The van der Waals surface area contributed by atoms with Crippen molar-refractivity contribution in [2.45, 2.75) is 19.0 Å². The lowest BCUT2D eigenvalue weighted by Gasteiger charge is -2.19. The summed E-state index contributed by atoms with van der Waals surface area (Å²) in [7, 11) is 2.95. The number of carbonyl (C=O) groups excluding carboxylic acids is 2. The average molecular weight is 264 g/mol. The number of amides is 1. The number of phenols is 1. The Morgan fingerprint density at radius 2 is 2.32 bits per heavy atom. The number of likely N-dealkylation sites (N-methyl/N-ethyl adjacent to an activating group) is 1. The number of methoxy groups -OCH3 is 1. The molecule has 0 spiro atoms. The van der Waals surface area contributed by atoms with Gasteiger partial charge in [0.2, 0.25) is 5.91 Å². The van der Waals surface area contributed by atoms with Gasteiger partial charge >= 0.3 is 5.97 Å². The van der Waals surface area contributed by atoms with Crippen molar-refractivity contribution in [2.24, 2.45) is 0 Å². The second-order valence-electron chi connectivity index (χ2n) is 4.51. The Morgan fingerprint density at radius 3 is 3.00 bits per heavy atom. The molecular formula is C13H16N2O4. The second kappa shape index (κ2) is 5.17. The van der Waals surface area contributed by atoms with Gasteiger partial charge in [-0.05, 0) is 23.8 Å². The number of fused-ring (bicyclic) bond motifs is 1. The Bertz CT molecular complexity index is 515. The maximum atomic E-state index is 12.1. The molecule has 1 aromatic carbocycles. The van der Waals surface area contributed by atoms with E-state index < -0.39 is 12.0 Å². The fourth-order valence-corrected chi connectivity index (χ4v) is 2.09. The molecule has 1 aliphatic heterocycles. The maximum absolute atomic E-state index is 12.1. The Balaban J connectivity index is 2.29. The molecule has 102 valence electrons. The van der Waals surface area contributed by atoms with E-state index in [1.807, 2.05) is 0 Å². The number of nitrogens with zero attached hydrogens (tertiary/aromatic N) is 1. The summed E-state index contributed by atoms with van der Waals surface area (Å²) in [5.41, 5.74) is 1.55. The lowest BCUT2D eigenvalue weighted by atomic mass is 10.1. The van der Waals surface area contributed by atoms with Crippen molar-refractivity contribution < 1.29 is 19.4 Å². The van der Waals surface area contributed by atoms with Crippen LogP contribution in [0.2, 0.25) is 0 Å². The SMILES string of the molecule is COC(=O)C[C@@H]1Nc2ccc(O)cc2CN(C)C1=O. The van der Waals surface area contributed by atoms with Gasteiger partial charge in [0.1, 0.15) is 11.8 Å². The second-order valence-corrected chi connectivity index (χ2v) is 4.51. The molecule has 6 nitrogen and oxygen atoms in total. The van der Waals surface area contributed by atoms with Crippen molar-refractivity contribution in [1.82, 2.24) is 4.90 Å². The molecule has 0 aromatic heterocycles. The molecule has 0 bridgehead atoms. The quantitative estimate of drug-likeness (QED) is 0.607. The average Bonchev–Trinajstić information content (AvgIpc) is 2.49. The van der Waals surface area contributed by atoms with E-state index in [-0.39, 0.29) is 18.1 Å². The summed E-state index contributed by atoms with van der Waals surface area (Å²) in [6, 6.07) is 4.19. The van der Waals surface area contributed by atoms with Gasteiger partial charge in [0, 0.05) is 19.3 Å². The van der Waals surface area contributed by atoms with Crippen LogP contribution in [0.15, 0.2) is 18.2 Å². The Hall–Kier alpha value is -2.24. The molecule has 1 amide bonds. The van der Waals surface area contributed by atoms with E-state index in [9.17, 15) is 14.7 Å². The van der Waals surface area contributed by atoms with E-state index in [4.69, 9.17) is 0 Å². The van der Waals surface area contributed by atoms with Gasteiger partial charge < -0.3 is 20.1 Å². The number of ether oxygens (including phenoxy) is 1. The zero-order valence-electron chi connectivity index (χ0n) is 10.8. The molecule has 1 aliphatic rings. The third kappa shape index (κ3) is 2.78. The van der Waals surface area contributed by atoms with Gasteiger partial charge in [0.25, 0.3) is 0 Å². The van der Waals surface area contributed by atoms with Crippen molar-refractivity contribution in [2.75, 3.05) is 19.5 Å². The highest BCUT2D eigenvalue weighted by molar-refractivity contribution is 5.90. The Kier molecular flexibility index (Phi) is 3.59. The highest BCUT2D eigenvalue weighted by Crippen LogP contribution is 2.26. The number of benzene rings is 1. The molecule has 1 atom stereocenters. The monoisotopic (exact) mass is 264 g/mol. The number of nitrogens with one attached hydrogen (secondary N) is 1. The van der Waals surface area contributed by atoms with Crippen molar-refractivity contribution in [3.8, 4) is 5.75 Å². The van der Waals surface area contributed by atoms with Crippen molar-refractivity contribution >= 4 is 17.6 Å². The van der Waals surface area contributed by atoms with Crippen molar-refractivity contribution in [3.63, 3.8) is 0 Å². The number of rotatable bonds is 2.